The second-order valence-corrected chi connectivity index (χ2v) is 6.88. The first-order valence-electron chi connectivity index (χ1n) is 9.68. The van der Waals surface area contributed by atoms with Crippen LogP contribution in [0.1, 0.15) is 35.7 Å². The summed E-state index contributed by atoms with van der Waals surface area (Å²) in [6.45, 7) is 2.12. The maximum absolute atomic E-state index is 14.5. The number of amides is 2. The third-order valence-electron chi connectivity index (χ3n) is 4.53. The molecule has 0 fully saturated rings. The van der Waals surface area contributed by atoms with E-state index < -0.39 is 11.7 Å². The minimum Gasteiger partial charge on any atom is -0.348 e. The lowest BCUT2D eigenvalue weighted by Gasteiger charge is -2.10. The highest BCUT2D eigenvalue weighted by atomic mass is 19.1. The Hall–Kier alpha value is -3.54. The minimum absolute atomic E-state index is 0.0676. The third-order valence-corrected chi connectivity index (χ3v) is 4.53. The van der Waals surface area contributed by atoms with Crippen molar-refractivity contribution in [2.24, 2.45) is 0 Å². The fourth-order valence-electron chi connectivity index (χ4n) is 3.01. The Kier molecular flexibility index (Phi) is 6.91. The van der Waals surface area contributed by atoms with Crippen molar-refractivity contribution in [2.75, 3.05) is 5.32 Å². The number of hydrogen-bond donors (Lipinski definition) is 2. The number of carbonyl (C=O) groups excluding carboxylic acids is 2. The van der Waals surface area contributed by atoms with Gasteiger partial charge in [0.25, 0.3) is 5.91 Å². The molecule has 30 heavy (non-hydrogen) atoms. The molecular formula is C24H22F2N2O2. The summed E-state index contributed by atoms with van der Waals surface area (Å²) in [6, 6.07) is 17.1. The van der Waals surface area contributed by atoms with Crippen molar-refractivity contribution in [3.63, 3.8) is 0 Å². The van der Waals surface area contributed by atoms with E-state index >= 15 is 0 Å². The van der Waals surface area contributed by atoms with E-state index in [0.29, 0.717) is 23.2 Å². The van der Waals surface area contributed by atoms with Gasteiger partial charge in [0, 0.05) is 18.7 Å². The van der Waals surface area contributed by atoms with Crippen molar-refractivity contribution in [3.05, 3.63) is 89.5 Å². The van der Waals surface area contributed by atoms with Crippen LogP contribution in [-0.2, 0) is 11.3 Å². The van der Waals surface area contributed by atoms with Gasteiger partial charge in [-0.05, 0) is 59.5 Å². The summed E-state index contributed by atoms with van der Waals surface area (Å²) in [5.74, 6) is -1.64. The molecule has 0 aliphatic rings. The van der Waals surface area contributed by atoms with Crippen LogP contribution in [0.2, 0.25) is 0 Å². The average molecular weight is 408 g/mol. The Morgan fingerprint density at radius 3 is 2.33 bits per heavy atom. The Morgan fingerprint density at radius 1 is 0.900 bits per heavy atom. The van der Waals surface area contributed by atoms with E-state index in [0.717, 1.165) is 12.0 Å². The van der Waals surface area contributed by atoms with E-state index in [4.69, 9.17) is 0 Å². The summed E-state index contributed by atoms with van der Waals surface area (Å²) < 4.78 is 27.5. The largest absolute Gasteiger partial charge is 0.348 e. The number of hydrogen-bond acceptors (Lipinski definition) is 2. The molecule has 0 aromatic heterocycles. The molecule has 3 rings (SSSR count). The smallest absolute Gasteiger partial charge is 0.254 e. The van der Waals surface area contributed by atoms with Crippen LogP contribution in [0.4, 0.5) is 14.5 Å². The van der Waals surface area contributed by atoms with E-state index in [2.05, 4.69) is 10.6 Å². The zero-order valence-corrected chi connectivity index (χ0v) is 16.5. The average Bonchev–Trinajstić information content (AvgIpc) is 2.73. The maximum atomic E-state index is 14.5. The zero-order valence-electron chi connectivity index (χ0n) is 16.5. The molecule has 0 aliphatic heterocycles. The lowest BCUT2D eigenvalue weighted by atomic mass is 10.0. The van der Waals surface area contributed by atoms with Crippen LogP contribution >= 0.6 is 0 Å². The first-order valence-corrected chi connectivity index (χ1v) is 9.68. The van der Waals surface area contributed by atoms with E-state index in [1.807, 2.05) is 13.0 Å². The van der Waals surface area contributed by atoms with Crippen LogP contribution in [-0.4, -0.2) is 11.8 Å². The van der Waals surface area contributed by atoms with Crippen LogP contribution in [0.3, 0.4) is 0 Å². The summed E-state index contributed by atoms with van der Waals surface area (Å²) in [4.78, 5) is 24.1. The van der Waals surface area contributed by atoms with Crippen molar-refractivity contribution >= 4 is 17.5 Å². The van der Waals surface area contributed by atoms with Gasteiger partial charge < -0.3 is 10.6 Å². The van der Waals surface area contributed by atoms with Gasteiger partial charge in [-0.1, -0.05) is 37.3 Å². The predicted octanol–water partition coefficient (Wildman–Crippen LogP) is 5.30. The van der Waals surface area contributed by atoms with Gasteiger partial charge in [0.05, 0.1) is 5.56 Å². The van der Waals surface area contributed by atoms with Crippen LogP contribution in [0.25, 0.3) is 11.1 Å². The van der Waals surface area contributed by atoms with Crippen molar-refractivity contribution in [3.8, 4) is 11.1 Å². The number of carbonyl (C=O) groups is 2. The Bertz CT molecular complexity index is 1050. The molecule has 0 spiro atoms. The molecule has 154 valence electrons. The summed E-state index contributed by atoms with van der Waals surface area (Å²) in [5, 5.41) is 5.49. The highest BCUT2D eigenvalue weighted by Gasteiger charge is 2.13. The van der Waals surface area contributed by atoms with Crippen LogP contribution in [0, 0.1) is 11.6 Å². The van der Waals surface area contributed by atoms with E-state index in [9.17, 15) is 18.4 Å². The lowest BCUT2D eigenvalue weighted by molar-refractivity contribution is -0.116. The van der Waals surface area contributed by atoms with Crippen LogP contribution in [0.15, 0.2) is 66.7 Å². The molecule has 0 radical (unpaired) electrons. The molecular weight excluding hydrogens is 386 g/mol. The summed E-state index contributed by atoms with van der Waals surface area (Å²) >= 11 is 0. The van der Waals surface area contributed by atoms with Crippen molar-refractivity contribution in [1.82, 2.24) is 5.32 Å². The predicted molar refractivity (Wildman–Crippen MR) is 113 cm³/mol. The molecule has 2 amide bonds. The van der Waals surface area contributed by atoms with Crippen molar-refractivity contribution in [2.45, 2.75) is 26.3 Å². The van der Waals surface area contributed by atoms with Gasteiger partial charge in [0.15, 0.2) is 0 Å². The zero-order chi connectivity index (χ0) is 21.5. The molecule has 3 aromatic rings. The second-order valence-electron chi connectivity index (χ2n) is 6.88. The molecule has 0 aliphatic carbocycles. The lowest BCUT2D eigenvalue weighted by Crippen LogP contribution is -2.24. The highest BCUT2D eigenvalue weighted by molar-refractivity contribution is 5.95. The SMILES string of the molecule is CCCC(=O)Nc1cccc(CNC(=O)c2ccc(-c3ccc(F)cc3)cc2F)c1. The first kappa shape index (κ1) is 21.2. The Balaban J connectivity index is 1.65. The summed E-state index contributed by atoms with van der Waals surface area (Å²) in [7, 11) is 0. The van der Waals surface area contributed by atoms with E-state index in [-0.39, 0.29) is 23.8 Å². The minimum atomic E-state index is -0.657. The van der Waals surface area contributed by atoms with Crippen LogP contribution < -0.4 is 10.6 Å². The quantitative estimate of drug-likeness (QED) is 0.557. The number of rotatable bonds is 7. The van der Waals surface area contributed by atoms with E-state index in [1.54, 1.807) is 36.4 Å². The molecule has 0 bridgehead atoms. The standard InChI is InChI=1S/C24H22F2N2O2/c1-2-4-23(29)28-20-6-3-5-16(13-20)15-27-24(30)21-12-9-18(14-22(21)26)17-7-10-19(25)11-8-17/h3,5-14H,2,4,15H2,1H3,(H,27,30)(H,28,29). The number of nitrogens with one attached hydrogen (secondary N) is 2. The van der Waals surface area contributed by atoms with Gasteiger partial charge in [-0.2, -0.15) is 0 Å². The molecule has 0 atom stereocenters. The number of benzene rings is 3. The monoisotopic (exact) mass is 408 g/mol. The molecule has 0 saturated heterocycles. The fraction of sp³-hybridized carbons (Fsp3) is 0.167. The van der Waals surface area contributed by atoms with Crippen molar-refractivity contribution < 1.29 is 18.4 Å². The van der Waals surface area contributed by atoms with Gasteiger partial charge in [-0.25, -0.2) is 8.78 Å². The van der Waals surface area contributed by atoms with Gasteiger partial charge in [-0.3, -0.25) is 9.59 Å². The third kappa shape index (κ3) is 5.50. The summed E-state index contributed by atoms with van der Waals surface area (Å²) in [6.07, 6.45) is 1.20. The maximum Gasteiger partial charge on any atom is 0.254 e. The normalized spacial score (nSPS) is 10.5. The molecule has 0 heterocycles. The first-order chi connectivity index (χ1) is 14.5. The summed E-state index contributed by atoms with van der Waals surface area (Å²) in [5.41, 5.74) is 2.56. The molecule has 6 heteroatoms. The topological polar surface area (TPSA) is 58.2 Å². The van der Waals surface area contributed by atoms with Gasteiger partial charge in [-0.15, -0.1) is 0 Å². The fourth-order valence-corrected chi connectivity index (χ4v) is 3.01. The van der Waals surface area contributed by atoms with Crippen LogP contribution in [0.5, 0.6) is 0 Å². The molecule has 0 unspecified atom stereocenters. The molecule has 2 N–H and O–H groups in total. The van der Waals surface area contributed by atoms with Gasteiger partial charge in [0.1, 0.15) is 11.6 Å². The van der Waals surface area contributed by atoms with Gasteiger partial charge in [0.2, 0.25) is 5.91 Å². The Morgan fingerprint density at radius 2 is 1.63 bits per heavy atom. The number of halogens is 2. The molecule has 0 saturated carbocycles. The highest BCUT2D eigenvalue weighted by Crippen LogP contribution is 2.22. The Labute approximate surface area is 173 Å². The number of anilines is 1. The van der Waals surface area contributed by atoms with Gasteiger partial charge >= 0.3 is 0 Å². The van der Waals surface area contributed by atoms with E-state index in [1.165, 1.54) is 24.3 Å². The molecule has 3 aromatic carbocycles. The van der Waals surface area contributed by atoms with Crippen molar-refractivity contribution in [1.29, 1.82) is 0 Å². The second kappa shape index (κ2) is 9.78. The molecule has 4 nitrogen and oxygen atoms in total.